The number of likely N-dealkylation sites (tertiary alicyclic amines) is 1. The summed E-state index contributed by atoms with van der Waals surface area (Å²) in [5.41, 5.74) is 6.82. The summed E-state index contributed by atoms with van der Waals surface area (Å²) in [6.07, 6.45) is -4.72. The number of pyridine rings is 1. The van der Waals surface area contributed by atoms with E-state index in [9.17, 15) is 18.0 Å². The summed E-state index contributed by atoms with van der Waals surface area (Å²) in [6, 6.07) is 9.29. The molecule has 2 saturated heterocycles. The maximum Gasteiger partial charge on any atom is 0.389 e. The van der Waals surface area contributed by atoms with Gasteiger partial charge in [0.25, 0.3) is 0 Å². The maximum absolute atomic E-state index is 12.8. The molecule has 0 aliphatic carbocycles. The molecule has 0 saturated carbocycles. The van der Waals surface area contributed by atoms with Crippen molar-refractivity contribution in [2.24, 2.45) is 5.92 Å². The summed E-state index contributed by atoms with van der Waals surface area (Å²) in [6.45, 7) is 5.18. The highest BCUT2D eigenvalue weighted by atomic mass is 32.1. The van der Waals surface area contributed by atoms with Crippen molar-refractivity contribution in [3.63, 3.8) is 0 Å². The number of thiazole rings is 1. The van der Waals surface area contributed by atoms with Gasteiger partial charge in [0.2, 0.25) is 0 Å². The van der Waals surface area contributed by atoms with Gasteiger partial charge in [-0.15, -0.1) is 11.3 Å². The number of benzene rings is 1. The Hall–Kier alpha value is -3.18. The minimum absolute atomic E-state index is 0.105. The molecule has 0 spiro atoms. The fourth-order valence-corrected chi connectivity index (χ4v) is 5.37. The molecular formula is C26H28F3N5O2S. The number of nitrogens with one attached hydrogen (secondary N) is 1. The molecule has 7 nitrogen and oxygen atoms in total. The van der Waals surface area contributed by atoms with Gasteiger partial charge in [0.05, 0.1) is 30.1 Å². The van der Waals surface area contributed by atoms with Crippen molar-refractivity contribution >= 4 is 28.9 Å². The lowest BCUT2D eigenvalue weighted by Crippen LogP contribution is -2.36. The average Bonchev–Trinajstić information content (AvgIpc) is 3.57. The highest BCUT2D eigenvalue weighted by molar-refractivity contribution is 7.07. The van der Waals surface area contributed by atoms with E-state index in [0.717, 1.165) is 47.0 Å². The quantitative estimate of drug-likeness (QED) is 0.449. The van der Waals surface area contributed by atoms with Crippen LogP contribution in [-0.2, 0) is 4.74 Å². The summed E-state index contributed by atoms with van der Waals surface area (Å²) >= 11 is 1.51. The Morgan fingerprint density at radius 1 is 1.16 bits per heavy atom. The molecule has 3 aromatic rings. The van der Waals surface area contributed by atoms with Crippen molar-refractivity contribution in [1.29, 1.82) is 0 Å². The van der Waals surface area contributed by atoms with Gasteiger partial charge in [0, 0.05) is 43.7 Å². The van der Waals surface area contributed by atoms with Gasteiger partial charge in [-0.2, -0.15) is 13.2 Å². The summed E-state index contributed by atoms with van der Waals surface area (Å²) in [5.74, 6) is 0.282. The zero-order valence-corrected chi connectivity index (χ0v) is 21.2. The molecule has 1 unspecified atom stereocenters. The first-order chi connectivity index (χ1) is 17.7. The number of carbonyl (C=O) groups excluding carboxylic acids is 1. The maximum atomic E-state index is 12.8. The largest absolute Gasteiger partial charge is 0.389 e. The number of rotatable bonds is 5. The van der Waals surface area contributed by atoms with Gasteiger partial charge in [0.15, 0.2) is 0 Å². The highest BCUT2D eigenvalue weighted by Gasteiger charge is 2.36. The molecule has 2 aliphatic heterocycles. The van der Waals surface area contributed by atoms with Gasteiger partial charge in [-0.3, -0.25) is 0 Å². The predicted molar refractivity (Wildman–Crippen MR) is 138 cm³/mol. The van der Waals surface area contributed by atoms with Crippen molar-refractivity contribution in [2.45, 2.75) is 25.9 Å². The number of hydrogen-bond donors (Lipinski definition) is 1. The number of alkyl halides is 3. The van der Waals surface area contributed by atoms with Crippen LogP contribution in [0.4, 0.5) is 29.5 Å². The summed E-state index contributed by atoms with van der Waals surface area (Å²) in [5, 5.41) is 4.84. The van der Waals surface area contributed by atoms with Gasteiger partial charge in [-0.05, 0) is 60.2 Å². The molecule has 1 N–H and O–H groups in total. The number of urea groups is 1. The molecule has 5 rings (SSSR count). The molecule has 196 valence electrons. The standard InChI is InChI=1S/C26H28F3N5O2S/c1-17-2-3-20(31-25(35)34-5-4-18(14-34)13-26(27,28)29)12-21(17)19-10-22(23-15-37-16-30-23)32-24(11-19)33-6-8-36-9-7-33/h2-3,10-12,15-16,18H,4-9,13-14H2,1H3,(H,31,35). The molecule has 37 heavy (non-hydrogen) atoms. The Morgan fingerprint density at radius 2 is 1.97 bits per heavy atom. The van der Waals surface area contributed by atoms with E-state index in [4.69, 9.17) is 9.72 Å². The molecule has 2 amide bonds. The van der Waals surface area contributed by atoms with Crippen molar-refractivity contribution in [3.05, 3.63) is 46.8 Å². The van der Waals surface area contributed by atoms with Gasteiger partial charge in [-0.1, -0.05) is 6.07 Å². The number of ether oxygens (including phenoxy) is 1. The average molecular weight is 532 g/mol. The molecule has 1 aromatic carbocycles. The third kappa shape index (κ3) is 6.22. The zero-order valence-electron chi connectivity index (χ0n) is 20.4. The highest BCUT2D eigenvalue weighted by Crippen LogP contribution is 2.34. The number of halogens is 3. The fourth-order valence-electron chi connectivity index (χ4n) is 4.82. The number of anilines is 2. The topological polar surface area (TPSA) is 70.6 Å². The van der Waals surface area contributed by atoms with E-state index in [1.807, 2.05) is 42.6 Å². The minimum Gasteiger partial charge on any atom is -0.378 e. The van der Waals surface area contributed by atoms with Crippen molar-refractivity contribution in [2.75, 3.05) is 49.6 Å². The van der Waals surface area contributed by atoms with E-state index < -0.39 is 18.5 Å². The Morgan fingerprint density at radius 3 is 2.70 bits per heavy atom. The van der Waals surface area contributed by atoms with Crippen LogP contribution in [-0.4, -0.2) is 66.5 Å². The van der Waals surface area contributed by atoms with Crippen LogP contribution in [0.3, 0.4) is 0 Å². The van der Waals surface area contributed by atoms with Crippen molar-refractivity contribution in [1.82, 2.24) is 14.9 Å². The van der Waals surface area contributed by atoms with E-state index in [2.05, 4.69) is 15.2 Å². The van der Waals surface area contributed by atoms with Crippen LogP contribution >= 0.6 is 11.3 Å². The van der Waals surface area contributed by atoms with Crippen LogP contribution in [0.1, 0.15) is 18.4 Å². The van der Waals surface area contributed by atoms with Crippen LogP contribution in [0.25, 0.3) is 22.5 Å². The Bertz CT molecular complexity index is 1250. The van der Waals surface area contributed by atoms with Crippen LogP contribution in [0.15, 0.2) is 41.2 Å². The molecule has 1 atom stereocenters. The molecule has 2 aliphatic rings. The molecule has 0 bridgehead atoms. The number of nitrogens with zero attached hydrogens (tertiary/aromatic N) is 4. The Labute approximate surface area is 217 Å². The Balaban J connectivity index is 1.39. The van der Waals surface area contributed by atoms with Gasteiger partial charge in [-0.25, -0.2) is 14.8 Å². The first kappa shape index (κ1) is 25.5. The van der Waals surface area contributed by atoms with Crippen LogP contribution in [0.2, 0.25) is 0 Å². The summed E-state index contributed by atoms with van der Waals surface area (Å²) < 4.78 is 43.8. The third-order valence-electron chi connectivity index (χ3n) is 6.73. The lowest BCUT2D eigenvalue weighted by atomic mass is 9.99. The number of morpholine rings is 1. The summed E-state index contributed by atoms with van der Waals surface area (Å²) in [4.78, 5) is 25.8. The summed E-state index contributed by atoms with van der Waals surface area (Å²) in [7, 11) is 0. The van der Waals surface area contributed by atoms with E-state index in [0.29, 0.717) is 31.9 Å². The minimum atomic E-state index is -4.22. The Kier molecular flexibility index (Phi) is 7.34. The lowest BCUT2D eigenvalue weighted by molar-refractivity contribution is -0.143. The zero-order chi connectivity index (χ0) is 26.0. The number of carbonyl (C=O) groups is 1. The SMILES string of the molecule is Cc1ccc(NC(=O)N2CCC(CC(F)(F)F)C2)cc1-c1cc(-c2cscn2)nc(N2CCOCC2)c1. The normalized spacial score (nSPS) is 18.3. The predicted octanol–water partition coefficient (Wildman–Crippen LogP) is 5.82. The molecular weight excluding hydrogens is 503 g/mol. The van der Waals surface area contributed by atoms with Crippen molar-refractivity contribution < 1.29 is 22.7 Å². The number of aromatic nitrogens is 2. The smallest absolute Gasteiger partial charge is 0.378 e. The number of amides is 2. The second kappa shape index (κ2) is 10.7. The fraction of sp³-hybridized carbons (Fsp3) is 0.423. The lowest BCUT2D eigenvalue weighted by Gasteiger charge is -2.28. The first-order valence-corrected chi connectivity index (χ1v) is 13.2. The molecule has 11 heteroatoms. The van der Waals surface area contributed by atoms with Gasteiger partial charge < -0.3 is 19.9 Å². The van der Waals surface area contributed by atoms with E-state index in [-0.39, 0.29) is 12.6 Å². The van der Waals surface area contributed by atoms with E-state index >= 15 is 0 Å². The van der Waals surface area contributed by atoms with Crippen LogP contribution < -0.4 is 10.2 Å². The van der Waals surface area contributed by atoms with Gasteiger partial charge >= 0.3 is 12.2 Å². The molecule has 0 radical (unpaired) electrons. The van der Waals surface area contributed by atoms with Crippen LogP contribution in [0, 0.1) is 12.8 Å². The van der Waals surface area contributed by atoms with Gasteiger partial charge in [0.1, 0.15) is 5.82 Å². The monoisotopic (exact) mass is 531 g/mol. The number of hydrogen-bond acceptors (Lipinski definition) is 6. The van der Waals surface area contributed by atoms with E-state index in [1.165, 1.54) is 16.2 Å². The second-order valence-electron chi connectivity index (χ2n) is 9.45. The van der Waals surface area contributed by atoms with Crippen molar-refractivity contribution in [3.8, 4) is 22.5 Å². The third-order valence-corrected chi connectivity index (χ3v) is 7.32. The molecule has 2 aromatic heterocycles. The number of aryl methyl sites for hydroxylation is 1. The molecule has 4 heterocycles. The van der Waals surface area contributed by atoms with E-state index in [1.54, 1.807) is 5.51 Å². The van der Waals surface area contributed by atoms with Crippen LogP contribution in [0.5, 0.6) is 0 Å². The first-order valence-electron chi connectivity index (χ1n) is 12.2. The second-order valence-corrected chi connectivity index (χ2v) is 10.2. The molecule has 2 fully saturated rings.